The Kier molecular flexibility index (Phi) is 4.84. The molecule has 100 valence electrons. The van der Waals surface area contributed by atoms with Gasteiger partial charge in [-0.25, -0.2) is 4.98 Å². The third-order valence-corrected chi connectivity index (χ3v) is 3.57. The van der Waals surface area contributed by atoms with Crippen LogP contribution >= 0.6 is 15.9 Å². The van der Waals surface area contributed by atoms with Crippen LogP contribution in [0.5, 0.6) is 5.88 Å². The van der Waals surface area contributed by atoms with Crippen LogP contribution in [0.4, 0.5) is 0 Å². The quantitative estimate of drug-likeness (QED) is 0.650. The second-order valence-electron chi connectivity index (χ2n) is 3.97. The van der Waals surface area contributed by atoms with Crippen molar-refractivity contribution >= 4 is 15.9 Å². The van der Waals surface area contributed by atoms with Gasteiger partial charge in [-0.05, 0) is 18.1 Å². The summed E-state index contributed by atoms with van der Waals surface area (Å²) in [6, 6.07) is 7.83. The Morgan fingerprint density at radius 2 is 2.05 bits per heavy atom. The lowest BCUT2D eigenvalue weighted by Crippen LogP contribution is -2.30. The number of ether oxygens (including phenoxy) is 1. The molecule has 1 aromatic heterocycles. The van der Waals surface area contributed by atoms with E-state index in [0.717, 1.165) is 10.0 Å². The first kappa shape index (κ1) is 13.9. The molecule has 0 radical (unpaired) electrons. The number of hydrazine groups is 1. The number of nitrogens with two attached hydrogens (primary N) is 1. The molecule has 0 spiro atoms. The fourth-order valence-electron chi connectivity index (χ4n) is 1.85. The van der Waals surface area contributed by atoms with Crippen LogP contribution < -0.4 is 16.0 Å². The maximum atomic E-state index is 5.64. The lowest BCUT2D eigenvalue weighted by Gasteiger charge is -2.17. The highest BCUT2D eigenvalue weighted by molar-refractivity contribution is 9.10. The van der Waals surface area contributed by atoms with Gasteiger partial charge in [0.1, 0.15) is 5.69 Å². The summed E-state index contributed by atoms with van der Waals surface area (Å²) in [7, 11) is 1.57. The summed E-state index contributed by atoms with van der Waals surface area (Å²) in [6.45, 7) is 0. The molecule has 0 amide bonds. The number of hydrogen-bond acceptors (Lipinski definition) is 5. The van der Waals surface area contributed by atoms with E-state index < -0.39 is 0 Å². The van der Waals surface area contributed by atoms with Gasteiger partial charge in [0.15, 0.2) is 0 Å². The molecule has 19 heavy (non-hydrogen) atoms. The summed E-state index contributed by atoms with van der Waals surface area (Å²) >= 11 is 3.53. The highest BCUT2D eigenvalue weighted by atomic mass is 79.9. The van der Waals surface area contributed by atoms with Gasteiger partial charge >= 0.3 is 0 Å². The summed E-state index contributed by atoms with van der Waals surface area (Å²) in [5.41, 5.74) is 4.60. The average Bonchev–Trinajstić information content (AvgIpc) is 2.46. The van der Waals surface area contributed by atoms with Crippen molar-refractivity contribution in [2.75, 3.05) is 7.11 Å². The molecule has 2 rings (SSSR count). The van der Waals surface area contributed by atoms with E-state index in [1.807, 2.05) is 24.3 Å². The molecule has 0 aliphatic heterocycles. The van der Waals surface area contributed by atoms with E-state index in [9.17, 15) is 0 Å². The van der Waals surface area contributed by atoms with Gasteiger partial charge in [-0.3, -0.25) is 16.3 Å². The Bertz CT molecular complexity index is 550. The Morgan fingerprint density at radius 3 is 2.74 bits per heavy atom. The van der Waals surface area contributed by atoms with E-state index in [2.05, 4.69) is 31.3 Å². The summed E-state index contributed by atoms with van der Waals surface area (Å²) in [6.07, 6.45) is 3.91. The largest absolute Gasteiger partial charge is 0.480 e. The number of benzene rings is 1. The third-order valence-electron chi connectivity index (χ3n) is 2.80. The lowest BCUT2D eigenvalue weighted by atomic mass is 10.0. The molecule has 0 aliphatic carbocycles. The van der Waals surface area contributed by atoms with E-state index in [0.29, 0.717) is 18.0 Å². The molecule has 0 aliphatic rings. The number of hydrogen-bond donors (Lipinski definition) is 2. The molecule has 3 N–H and O–H groups in total. The smallest absolute Gasteiger partial charge is 0.237 e. The molecule has 1 aromatic carbocycles. The van der Waals surface area contributed by atoms with Crippen LogP contribution in [-0.2, 0) is 6.42 Å². The van der Waals surface area contributed by atoms with Crippen LogP contribution in [0, 0.1) is 0 Å². The number of nitrogens with zero attached hydrogens (tertiary/aromatic N) is 2. The highest BCUT2D eigenvalue weighted by Crippen LogP contribution is 2.26. The number of nitrogens with one attached hydrogen (secondary N) is 1. The zero-order valence-electron chi connectivity index (χ0n) is 10.5. The molecule has 6 heteroatoms. The first-order valence-electron chi connectivity index (χ1n) is 5.80. The summed E-state index contributed by atoms with van der Waals surface area (Å²) in [5, 5.41) is 0. The molecule has 1 heterocycles. The molecule has 0 fully saturated rings. The standard InChI is InChI=1S/C13H15BrN4O/c1-19-13-12(16-6-7-17-13)11(18-15)8-9-4-2-3-5-10(9)14/h2-7,11,18H,8,15H2,1H3. The molecule has 1 unspecified atom stereocenters. The van der Waals surface area contributed by atoms with Crippen molar-refractivity contribution in [2.45, 2.75) is 12.5 Å². The van der Waals surface area contributed by atoms with Crippen molar-refractivity contribution < 1.29 is 4.74 Å². The van der Waals surface area contributed by atoms with Crippen LogP contribution in [0.15, 0.2) is 41.1 Å². The van der Waals surface area contributed by atoms with Gasteiger partial charge in [0, 0.05) is 16.9 Å². The summed E-state index contributed by atoms with van der Waals surface area (Å²) in [5.74, 6) is 6.12. The van der Waals surface area contributed by atoms with Crippen LogP contribution in [0.25, 0.3) is 0 Å². The minimum absolute atomic E-state index is 0.164. The number of aromatic nitrogens is 2. The summed E-state index contributed by atoms with van der Waals surface area (Å²) < 4.78 is 6.26. The fraction of sp³-hybridized carbons (Fsp3) is 0.231. The minimum Gasteiger partial charge on any atom is -0.480 e. The molecule has 5 nitrogen and oxygen atoms in total. The molecule has 0 bridgehead atoms. The SMILES string of the molecule is COc1nccnc1C(Cc1ccccc1Br)NN. The van der Waals surface area contributed by atoms with Gasteiger partial charge < -0.3 is 4.74 Å². The normalized spacial score (nSPS) is 12.2. The number of methoxy groups -OCH3 is 1. The Labute approximate surface area is 120 Å². The third kappa shape index (κ3) is 3.28. The zero-order valence-corrected chi connectivity index (χ0v) is 12.1. The van der Waals surface area contributed by atoms with E-state index in [1.165, 1.54) is 0 Å². The fourth-order valence-corrected chi connectivity index (χ4v) is 2.30. The van der Waals surface area contributed by atoms with Crippen LogP contribution in [0.3, 0.4) is 0 Å². The van der Waals surface area contributed by atoms with Gasteiger partial charge in [-0.15, -0.1) is 0 Å². The molecular weight excluding hydrogens is 308 g/mol. The van der Waals surface area contributed by atoms with E-state index in [1.54, 1.807) is 19.5 Å². The molecule has 0 saturated heterocycles. The van der Waals surface area contributed by atoms with E-state index in [-0.39, 0.29) is 6.04 Å². The second kappa shape index (κ2) is 6.60. The lowest BCUT2D eigenvalue weighted by molar-refractivity contribution is 0.377. The maximum Gasteiger partial charge on any atom is 0.237 e. The van der Waals surface area contributed by atoms with Crippen molar-refractivity contribution in [1.82, 2.24) is 15.4 Å². The molecular formula is C13H15BrN4O. The van der Waals surface area contributed by atoms with E-state index in [4.69, 9.17) is 10.6 Å². The summed E-state index contributed by atoms with van der Waals surface area (Å²) in [4.78, 5) is 8.44. The average molecular weight is 323 g/mol. The van der Waals surface area contributed by atoms with Crippen molar-refractivity contribution in [2.24, 2.45) is 5.84 Å². The number of halogens is 1. The Hall–Kier alpha value is -1.50. The van der Waals surface area contributed by atoms with Gasteiger partial charge in [0.25, 0.3) is 0 Å². The van der Waals surface area contributed by atoms with Crippen LogP contribution in [-0.4, -0.2) is 17.1 Å². The van der Waals surface area contributed by atoms with Gasteiger partial charge in [-0.2, -0.15) is 0 Å². The van der Waals surface area contributed by atoms with Crippen molar-refractivity contribution in [3.05, 3.63) is 52.4 Å². The van der Waals surface area contributed by atoms with Gasteiger partial charge in [0.2, 0.25) is 5.88 Å². The molecule has 0 saturated carbocycles. The molecule has 2 aromatic rings. The topological polar surface area (TPSA) is 73.1 Å². The second-order valence-corrected chi connectivity index (χ2v) is 4.82. The van der Waals surface area contributed by atoms with Crippen LogP contribution in [0.2, 0.25) is 0 Å². The van der Waals surface area contributed by atoms with Crippen molar-refractivity contribution in [1.29, 1.82) is 0 Å². The first-order valence-corrected chi connectivity index (χ1v) is 6.60. The van der Waals surface area contributed by atoms with Crippen molar-refractivity contribution in [3.8, 4) is 5.88 Å². The predicted molar refractivity (Wildman–Crippen MR) is 76.5 cm³/mol. The monoisotopic (exact) mass is 322 g/mol. The van der Waals surface area contributed by atoms with Crippen molar-refractivity contribution in [3.63, 3.8) is 0 Å². The Morgan fingerprint density at radius 1 is 1.32 bits per heavy atom. The maximum absolute atomic E-state index is 5.64. The highest BCUT2D eigenvalue weighted by Gasteiger charge is 2.18. The molecule has 1 atom stereocenters. The number of rotatable bonds is 5. The Balaban J connectivity index is 2.28. The minimum atomic E-state index is -0.164. The van der Waals surface area contributed by atoms with Gasteiger partial charge in [-0.1, -0.05) is 34.1 Å². The predicted octanol–water partition coefficient (Wildman–Crippen LogP) is 1.99. The van der Waals surface area contributed by atoms with E-state index >= 15 is 0 Å². The zero-order chi connectivity index (χ0) is 13.7. The van der Waals surface area contributed by atoms with Crippen LogP contribution in [0.1, 0.15) is 17.3 Å². The first-order chi connectivity index (χ1) is 9.26. The van der Waals surface area contributed by atoms with Gasteiger partial charge in [0.05, 0.1) is 13.2 Å².